The van der Waals surface area contributed by atoms with Crippen LogP contribution in [0.25, 0.3) is 22.3 Å². The van der Waals surface area contributed by atoms with Crippen LogP contribution >= 0.6 is 0 Å². The SMILES string of the molecule is COc1ccc(S(=O)(=O)Nc2nc(-c3ncccc3C)cc3cccnc23)cc1. The van der Waals surface area contributed by atoms with Crippen LogP contribution in [0.1, 0.15) is 5.56 Å². The molecule has 0 aliphatic rings. The zero-order valence-electron chi connectivity index (χ0n) is 15.8. The third-order valence-electron chi connectivity index (χ3n) is 4.44. The lowest BCUT2D eigenvalue weighted by atomic mass is 10.1. The van der Waals surface area contributed by atoms with Gasteiger partial charge in [0.2, 0.25) is 0 Å². The van der Waals surface area contributed by atoms with Crippen molar-refractivity contribution in [2.24, 2.45) is 0 Å². The average molecular weight is 406 g/mol. The van der Waals surface area contributed by atoms with E-state index in [1.165, 1.54) is 19.2 Å². The minimum Gasteiger partial charge on any atom is -0.497 e. The number of sulfonamides is 1. The Balaban J connectivity index is 1.83. The summed E-state index contributed by atoms with van der Waals surface area (Å²) in [6, 6.07) is 15.4. The lowest BCUT2D eigenvalue weighted by molar-refractivity contribution is 0.414. The molecule has 0 radical (unpaired) electrons. The topological polar surface area (TPSA) is 94.1 Å². The van der Waals surface area contributed by atoms with Gasteiger partial charge in [0.15, 0.2) is 5.82 Å². The van der Waals surface area contributed by atoms with Crippen molar-refractivity contribution in [3.63, 3.8) is 0 Å². The van der Waals surface area contributed by atoms with Crippen molar-refractivity contribution in [1.82, 2.24) is 15.0 Å². The van der Waals surface area contributed by atoms with E-state index >= 15 is 0 Å². The smallest absolute Gasteiger partial charge is 0.263 e. The standard InChI is InChI=1S/C21H18N4O3S/c1-14-5-3-11-22-19(14)18-13-15-6-4-12-23-20(15)21(24-18)25-29(26,27)17-9-7-16(28-2)8-10-17/h3-13H,1-2H3,(H,24,25). The second-order valence-electron chi connectivity index (χ2n) is 6.38. The maximum Gasteiger partial charge on any atom is 0.263 e. The quantitative estimate of drug-likeness (QED) is 0.542. The monoisotopic (exact) mass is 406 g/mol. The van der Waals surface area contributed by atoms with Crippen LogP contribution in [0.15, 0.2) is 71.9 Å². The predicted molar refractivity (Wildman–Crippen MR) is 111 cm³/mol. The molecule has 1 aromatic carbocycles. The van der Waals surface area contributed by atoms with Crippen molar-refractivity contribution in [1.29, 1.82) is 0 Å². The first-order valence-corrected chi connectivity index (χ1v) is 10.3. The number of aryl methyl sites for hydroxylation is 1. The maximum absolute atomic E-state index is 12.9. The maximum atomic E-state index is 12.9. The lowest BCUT2D eigenvalue weighted by Crippen LogP contribution is -2.15. The molecule has 1 N–H and O–H groups in total. The molecule has 0 saturated carbocycles. The molecule has 0 bridgehead atoms. The van der Waals surface area contributed by atoms with Crippen LogP contribution in [0.4, 0.5) is 5.82 Å². The molecule has 29 heavy (non-hydrogen) atoms. The third-order valence-corrected chi connectivity index (χ3v) is 5.80. The zero-order valence-corrected chi connectivity index (χ0v) is 16.6. The van der Waals surface area contributed by atoms with E-state index in [-0.39, 0.29) is 10.7 Å². The van der Waals surface area contributed by atoms with Crippen molar-refractivity contribution in [2.45, 2.75) is 11.8 Å². The molecule has 0 aliphatic heterocycles. The van der Waals surface area contributed by atoms with E-state index in [0.29, 0.717) is 22.7 Å². The van der Waals surface area contributed by atoms with Gasteiger partial charge in [0, 0.05) is 17.8 Å². The van der Waals surface area contributed by atoms with E-state index in [4.69, 9.17) is 4.74 Å². The number of hydrogen-bond acceptors (Lipinski definition) is 6. The molecule has 0 saturated heterocycles. The normalized spacial score (nSPS) is 11.4. The van der Waals surface area contributed by atoms with Crippen molar-refractivity contribution >= 4 is 26.7 Å². The molecular weight excluding hydrogens is 388 g/mol. The van der Waals surface area contributed by atoms with Crippen molar-refractivity contribution in [3.05, 3.63) is 72.6 Å². The van der Waals surface area contributed by atoms with Gasteiger partial charge in [0.25, 0.3) is 10.0 Å². The molecule has 4 rings (SSSR count). The lowest BCUT2D eigenvalue weighted by Gasteiger charge is -2.12. The van der Waals surface area contributed by atoms with E-state index in [0.717, 1.165) is 10.9 Å². The summed E-state index contributed by atoms with van der Waals surface area (Å²) in [4.78, 5) is 13.3. The Morgan fingerprint density at radius 1 is 0.966 bits per heavy atom. The first-order chi connectivity index (χ1) is 14.0. The summed E-state index contributed by atoms with van der Waals surface area (Å²) in [6.45, 7) is 1.93. The fraction of sp³-hybridized carbons (Fsp3) is 0.0952. The Bertz CT molecular complexity index is 1290. The van der Waals surface area contributed by atoms with Gasteiger partial charge in [-0.15, -0.1) is 0 Å². The Kier molecular flexibility index (Phi) is 4.85. The predicted octanol–water partition coefficient (Wildman–Crippen LogP) is 3.81. The second-order valence-corrected chi connectivity index (χ2v) is 8.06. The van der Waals surface area contributed by atoms with Crippen LogP contribution in [0, 0.1) is 6.92 Å². The number of nitrogens with one attached hydrogen (secondary N) is 1. The number of rotatable bonds is 5. The molecule has 0 fully saturated rings. The fourth-order valence-electron chi connectivity index (χ4n) is 2.97. The van der Waals surface area contributed by atoms with Gasteiger partial charge in [-0.3, -0.25) is 14.7 Å². The van der Waals surface area contributed by atoms with E-state index in [9.17, 15) is 8.42 Å². The Hall–Kier alpha value is -3.52. The van der Waals surface area contributed by atoms with Gasteiger partial charge in [-0.1, -0.05) is 12.1 Å². The Morgan fingerprint density at radius 2 is 1.69 bits per heavy atom. The molecule has 8 heteroatoms. The largest absolute Gasteiger partial charge is 0.497 e. The first-order valence-electron chi connectivity index (χ1n) is 8.82. The summed E-state index contributed by atoms with van der Waals surface area (Å²) in [5.74, 6) is 0.723. The highest BCUT2D eigenvalue weighted by Crippen LogP contribution is 2.28. The number of pyridine rings is 3. The third kappa shape index (κ3) is 3.74. The second kappa shape index (κ2) is 7.48. The molecule has 3 aromatic heterocycles. The molecule has 146 valence electrons. The minimum atomic E-state index is -3.87. The van der Waals surface area contributed by atoms with Crippen LogP contribution in [0.3, 0.4) is 0 Å². The molecule has 0 atom stereocenters. The van der Waals surface area contributed by atoms with Gasteiger partial charge in [-0.05, 0) is 55.0 Å². The van der Waals surface area contributed by atoms with Crippen LogP contribution in [0.2, 0.25) is 0 Å². The van der Waals surface area contributed by atoms with E-state index in [2.05, 4.69) is 19.7 Å². The summed E-state index contributed by atoms with van der Waals surface area (Å²) in [5, 5.41) is 0.759. The summed E-state index contributed by atoms with van der Waals surface area (Å²) in [6.07, 6.45) is 3.28. The number of nitrogens with zero attached hydrogens (tertiary/aromatic N) is 3. The number of anilines is 1. The zero-order chi connectivity index (χ0) is 20.4. The molecule has 7 nitrogen and oxygen atoms in total. The fourth-order valence-corrected chi connectivity index (χ4v) is 3.98. The number of hydrogen-bond donors (Lipinski definition) is 1. The van der Waals surface area contributed by atoms with Crippen LogP contribution < -0.4 is 9.46 Å². The van der Waals surface area contributed by atoms with E-state index in [1.807, 2.05) is 31.2 Å². The molecule has 0 spiro atoms. The summed E-state index contributed by atoms with van der Waals surface area (Å²) in [7, 11) is -2.34. The number of ether oxygens (including phenoxy) is 1. The van der Waals surface area contributed by atoms with Gasteiger partial charge in [0.1, 0.15) is 11.3 Å². The Morgan fingerprint density at radius 3 is 2.41 bits per heavy atom. The highest BCUT2D eigenvalue weighted by atomic mass is 32.2. The van der Waals surface area contributed by atoms with Gasteiger partial charge in [-0.2, -0.15) is 0 Å². The van der Waals surface area contributed by atoms with Crippen LogP contribution in [-0.4, -0.2) is 30.5 Å². The van der Waals surface area contributed by atoms with Crippen molar-refractivity contribution in [2.75, 3.05) is 11.8 Å². The molecular formula is C21H18N4O3S. The number of fused-ring (bicyclic) bond motifs is 1. The molecule has 3 heterocycles. The van der Waals surface area contributed by atoms with E-state index in [1.54, 1.807) is 30.6 Å². The van der Waals surface area contributed by atoms with Gasteiger partial charge < -0.3 is 4.74 Å². The molecule has 0 aliphatic carbocycles. The van der Waals surface area contributed by atoms with Crippen molar-refractivity contribution < 1.29 is 13.2 Å². The van der Waals surface area contributed by atoms with Gasteiger partial charge in [-0.25, -0.2) is 13.4 Å². The average Bonchev–Trinajstić information content (AvgIpc) is 2.74. The van der Waals surface area contributed by atoms with Gasteiger partial charge >= 0.3 is 0 Å². The van der Waals surface area contributed by atoms with Crippen molar-refractivity contribution in [3.8, 4) is 17.1 Å². The van der Waals surface area contributed by atoms with Gasteiger partial charge in [0.05, 0.1) is 23.4 Å². The number of benzene rings is 1. The number of aromatic nitrogens is 3. The number of methoxy groups -OCH3 is 1. The molecule has 4 aromatic rings. The van der Waals surface area contributed by atoms with Crippen LogP contribution in [0.5, 0.6) is 5.75 Å². The Labute approximate surface area is 168 Å². The highest BCUT2D eigenvalue weighted by Gasteiger charge is 2.19. The summed E-state index contributed by atoms with van der Waals surface area (Å²) < 4.78 is 33.5. The molecule has 0 amide bonds. The highest BCUT2D eigenvalue weighted by molar-refractivity contribution is 7.92. The minimum absolute atomic E-state index is 0.101. The summed E-state index contributed by atoms with van der Waals surface area (Å²) >= 11 is 0. The molecule has 0 unspecified atom stereocenters. The first kappa shape index (κ1) is 18.8. The van der Waals surface area contributed by atoms with Crippen LogP contribution in [-0.2, 0) is 10.0 Å². The van der Waals surface area contributed by atoms with E-state index < -0.39 is 10.0 Å². The summed E-state index contributed by atoms with van der Waals surface area (Å²) in [5.41, 5.74) is 2.65.